The number of hydrogen-bond donors (Lipinski definition) is 0. The summed E-state index contributed by atoms with van der Waals surface area (Å²) in [6.45, 7) is 5.62. The van der Waals surface area contributed by atoms with Crippen molar-refractivity contribution in [3.63, 3.8) is 0 Å². The van der Waals surface area contributed by atoms with Gasteiger partial charge in [0.05, 0.1) is 13.2 Å². The monoisotopic (exact) mass is 252 g/mol. The topological polar surface area (TPSA) is 18.5 Å². The van der Waals surface area contributed by atoms with Crippen LogP contribution in [0.5, 0.6) is 0 Å². The van der Waals surface area contributed by atoms with Gasteiger partial charge in [0.1, 0.15) is 0 Å². The zero-order valence-corrected chi connectivity index (χ0v) is 12.0. The average Bonchev–Trinajstić information content (AvgIpc) is 2.41. The van der Waals surface area contributed by atoms with Crippen LogP contribution in [0.3, 0.4) is 0 Å². The molecule has 0 heterocycles. The predicted molar refractivity (Wildman–Crippen MR) is 76.6 cm³/mol. The molecule has 0 bridgehead atoms. The van der Waals surface area contributed by atoms with E-state index < -0.39 is 0 Å². The highest BCUT2D eigenvalue weighted by molar-refractivity contribution is 4.85. The van der Waals surface area contributed by atoms with Crippen molar-refractivity contribution in [1.29, 1.82) is 0 Å². The Bertz CT molecular complexity index is 230. The molecule has 2 heteroatoms. The minimum absolute atomic E-state index is 0.325. The summed E-state index contributed by atoms with van der Waals surface area (Å²) >= 11 is 0. The SMILES string of the molecule is CCC=CCOC1(OCC=CCC)CCCCC1. The Labute approximate surface area is 112 Å². The van der Waals surface area contributed by atoms with Crippen LogP contribution in [0, 0.1) is 0 Å². The van der Waals surface area contributed by atoms with Crippen molar-refractivity contribution in [3.05, 3.63) is 24.3 Å². The van der Waals surface area contributed by atoms with E-state index in [1.54, 1.807) is 0 Å². The molecule has 18 heavy (non-hydrogen) atoms. The molecule has 0 amide bonds. The summed E-state index contributed by atoms with van der Waals surface area (Å²) in [4.78, 5) is 0. The quantitative estimate of drug-likeness (QED) is 0.464. The van der Waals surface area contributed by atoms with E-state index in [0.29, 0.717) is 13.2 Å². The van der Waals surface area contributed by atoms with E-state index in [9.17, 15) is 0 Å². The molecule has 1 rings (SSSR count). The zero-order valence-electron chi connectivity index (χ0n) is 12.0. The average molecular weight is 252 g/mol. The van der Waals surface area contributed by atoms with Gasteiger partial charge in [-0.3, -0.25) is 0 Å². The van der Waals surface area contributed by atoms with Crippen molar-refractivity contribution >= 4 is 0 Å². The van der Waals surface area contributed by atoms with Gasteiger partial charge in [-0.2, -0.15) is 0 Å². The third kappa shape index (κ3) is 5.83. The molecule has 1 aliphatic rings. The molecular formula is C16H28O2. The molecule has 0 N–H and O–H groups in total. The van der Waals surface area contributed by atoms with Crippen LogP contribution in [-0.4, -0.2) is 19.0 Å². The van der Waals surface area contributed by atoms with Crippen LogP contribution in [0.1, 0.15) is 58.8 Å². The summed E-state index contributed by atoms with van der Waals surface area (Å²) in [6.07, 6.45) is 16.4. The van der Waals surface area contributed by atoms with E-state index in [2.05, 4.69) is 38.2 Å². The second kappa shape index (κ2) is 9.35. The van der Waals surface area contributed by atoms with Crippen LogP contribution in [0.2, 0.25) is 0 Å². The summed E-state index contributed by atoms with van der Waals surface area (Å²) in [5.41, 5.74) is 0. The lowest BCUT2D eigenvalue weighted by atomic mass is 9.94. The molecule has 0 aliphatic heterocycles. The number of ether oxygens (including phenoxy) is 2. The molecule has 2 nitrogen and oxygen atoms in total. The van der Waals surface area contributed by atoms with E-state index in [1.165, 1.54) is 19.3 Å². The maximum Gasteiger partial charge on any atom is 0.169 e. The normalized spacial score (nSPS) is 19.9. The van der Waals surface area contributed by atoms with Crippen molar-refractivity contribution in [2.75, 3.05) is 13.2 Å². The van der Waals surface area contributed by atoms with Crippen LogP contribution < -0.4 is 0 Å². The Morgan fingerprint density at radius 2 is 1.28 bits per heavy atom. The summed E-state index contributed by atoms with van der Waals surface area (Å²) in [6, 6.07) is 0. The maximum atomic E-state index is 6.01. The molecule has 0 aromatic heterocycles. The molecule has 0 saturated heterocycles. The third-order valence-corrected chi connectivity index (χ3v) is 3.31. The van der Waals surface area contributed by atoms with Gasteiger partial charge in [-0.1, -0.05) is 44.6 Å². The minimum atomic E-state index is -0.325. The fraction of sp³-hybridized carbons (Fsp3) is 0.750. The van der Waals surface area contributed by atoms with Gasteiger partial charge in [0.2, 0.25) is 0 Å². The second-order valence-corrected chi connectivity index (χ2v) is 4.85. The summed E-state index contributed by atoms with van der Waals surface area (Å²) < 4.78 is 12.0. The zero-order chi connectivity index (χ0) is 13.1. The molecular weight excluding hydrogens is 224 g/mol. The number of hydrogen-bond acceptors (Lipinski definition) is 2. The van der Waals surface area contributed by atoms with Crippen molar-refractivity contribution < 1.29 is 9.47 Å². The van der Waals surface area contributed by atoms with E-state index in [1.807, 2.05) is 0 Å². The molecule has 0 radical (unpaired) electrons. The van der Waals surface area contributed by atoms with Crippen LogP contribution in [0.15, 0.2) is 24.3 Å². The molecule has 104 valence electrons. The first-order valence-electron chi connectivity index (χ1n) is 7.41. The lowest BCUT2D eigenvalue weighted by Gasteiger charge is -2.36. The molecule has 1 aliphatic carbocycles. The highest BCUT2D eigenvalue weighted by atomic mass is 16.7. The van der Waals surface area contributed by atoms with Crippen molar-refractivity contribution in [3.8, 4) is 0 Å². The highest BCUT2D eigenvalue weighted by Crippen LogP contribution is 2.32. The lowest BCUT2D eigenvalue weighted by Crippen LogP contribution is -2.38. The van der Waals surface area contributed by atoms with Crippen molar-refractivity contribution in [1.82, 2.24) is 0 Å². The first-order valence-corrected chi connectivity index (χ1v) is 7.41. The largest absolute Gasteiger partial charge is 0.346 e. The van der Waals surface area contributed by atoms with Crippen molar-refractivity contribution in [2.24, 2.45) is 0 Å². The Morgan fingerprint density at radius 3 is 1.72 bits per heavy atom. The Kier molecular flexibility index (Phi) is 8.03. The summed E-state index contributed by atoms with van der Waals surface area (Å²) in [5, 5.41) is 0. The number of rotatable bonds is 8. The Morgan fingerprint density at radius 1 is 0.778 bits per heavy atom. The van der Waals surface area contributed by atoms with E-state index in [0.717, 1.165) is 25.7 Å². The van der Waals surface area contributed by atoms with Crippen LogP contribution in [-0.2, 0) is 9.47 Å². The fourth-order valence-electron chi connectivity index (χ4n) is 2.29. The number of allylic oxidation sites excluding steroid dienone is 2. The molecule has 0 aromatic rings. The van der Waals surface area contributed by atoms with Gasteiger partial charge in [0, 0.05) is 12.8 Å². The van der Waals surface area contributed by atoms with Gasteiger partial charge >= 0.3 is 0 Å². The Hall–Kier alpha value is -0.600. The highest BCUT2D eigenvalue weighted by Gasteiger charge is 2.33. The van der Waals surface area contributed by atoms with Gasteiger partial charge in [-0.15, -0.1) is 0 Å². The predicted octanol–water partition coefficient (Wildman–Crippen LogP) is 4.61. The van der Waals surface area contributed by atoms with Gasteiger partial charge in [0.15, 0.2) is 5.79 Å². The standard InChI is InChI=1S/C16H28O2/c1-3-5-10-14-17-16(12-8-7-9-13-16)18-15-11-6-4-2/h5-6,10-11H,3-4,7-9,12-15H2,1-2H3. The lowest BCUT2D eigenvalue weighted by molar-refractivity contribution is -0.241. The second-order valence-electron chi connectivity index (χ2n) is 4.85. The fourth-order valence-corrected chi connectivity index (χ4v) is 2.29. The molecule has 0 unspecified atom stereocenters. The molecule has 1 fully saturated rings. The summed E-state index contributed by atoms with van der Waals surface area (Å²) in [7, 11) is 0. The Balaban J connectivity index is 2.41. The van der Waals surface area contributed by atoms with Gasteiger partial charge in [-0.05, 0) is 25.7 Å². The first-order chi connectivity index (χ1) is 8.83. The van der Waals surface area contributed by atoms with Gasteiger partial charge in [-0.25, -0.2) is 0 Å². The van der Waals surface area contributed by atoms with Gasteiger partial charge in [0.25, 0.3) is 0 Å². The van der Waals surface area contributed by atoms with E-state index in [-0.39, 0.29) is 5.79 Å². The maximum absolute atomic E-state index is 6.01. The van der Waals surface area contributed by atoms with Crippen molar-refractivity contribution in [2.45, 2.75) is 64.6 Å². The van der Waals surface area contributed by atoms with E-state index >= 15 is 0 Å². The smallest absolute Gasteiger partial charge is 0.169 e. The van der Waals surface area contributed by atoms with Crippen LogP contribution in [0.4, 0.5) is 0 Å². The van der Waals surface area contributed by atoms with Gasteiger partial charge < -0.3 is 9.47 Å². The molecule has 1 saturated carbocycles. The third-order valence-electron chi connectivity index (χ3n) is 3.31. The molecule has 0 aromatic carbocycles. The minimum Gasteiger partial charge on any atom is -0.346 e. The van der Waals surface area contributed by atoms with Crippen LogP contribution >= 0.6 is 0 Å². The molecule has 0 spiro atoms. The first kappa shape index (κ1) is 15.5. The van der Waals surface area contributed by atoms with Crippen LogP contribution in [0.25, 0.3) is 0 Å². The summed E-state index contributed by atoms with van der Waals surface area (Å²) in [5.74, 6) is -0.325. The molecule has 0 atom stereocenters. The van der Waals surface area contributed by atoms with E-state index in [4.69, 9.17) is 9.47 Å².